The average molecular weight is 274 g/mol. The summed E-state index contributed by atoms with van der Waals surface area (Å²) in [6.07, 6.45) is 0. The van der Waals surface area contributed by atoms with Gasteiger partial charge in [-0.1, -0.05) is 0 Å². The largest absolute Gasteiger partial charge is 0.497 e. The van der Waals surface area contributed by atoms with E-state index in [-0.39, 0.29) is 5.91 Å². The first kappa shape index (κ1) is 13.9. The topological polar surface area (TPSA) is 73.4 Å². The molecule has 2 rings (SSSR count). The van der Waals surface area contributed by atoms with Gasteiger partial charge in [-0.3, -0.25) is 9.48 Å². The van der Waals surface area contributed by atoms with E-state index in [0.717, 1.165) is 11.4 Å². The summed E-state index contributed by atoms with van der Waals surface area (Å²) >= 11 is 0. The number of aryl methyl sites for hydroxylation is 2. The lowest BCUT2D eigenvalue weighted by Crippen LogP contribution is -2.28. The van der Waals surface area contributed by atoms with Crippen LogP contribution in [0.5, 0.6) is 5.75 Å². The lowest BCUT2D eigenvalue weighted by Gasteiger charge is -2.18. The maximum atomic E-state index is 12.5. The average Bonchev–Trinajstić information content (AvgIpc) is 2.71. The van der Waals surface area contributed by atoms with E-state index in [0.29, 0.717) is 17.1 Å². The second kappa shape index (κ2) is 5.24. The van der Waals surface area contributed by atoms with Crippen LogP contribution in [0.15, 0.2) is 24.3 Å². The first-order chi connectivity index (χ1) is 9.45. The van der Waals surface area contributed by atoms with E-state index >= 15 is 0 Å². The van der Waals surface area contributed by atoms with E-state index in [2.05, 4.69) is 5.10 Å². The molecule has 1 aromatic heterocycles. The number of benzene rings is 1. The molecule has 106 valence electrons. The Bertz CT molecular complexity index is 631. The van der Waals surface area contributed by atoms with Crippen molar-refractivity contribution in [3.63, 3.8) is 0 Å². The molecule has 0 spiro atoms. The second-order valence-electron chi connectivity index (χ2n) is 4.53. The van der Waals surface area contributed by atoms with Crippen molar-refractivity contribution in [2.45, 2.75) is 6.92 Å². The molecular formula is C14H18N4O2. The van der Waals surface area contributed by atoms with Crippen LogP contribution in [0.25, 0.3) is 0 Å². The van der Waals surface area contributed by atoms with Crippen molar-refractivity contribution in [2.75, 3.05) is 24.8 Å². The zero-order valence-electron chi connectivity index (χ0n) is 12.0. The van der Waals surface area contributed by atoms with E-state index < -0.39 is 0 Å². The molecule has 1 aromatic carbocycles. The predicted octanol–water partition coefficient (Wildman–Crippen LogP) is 1.60. The normalized spacial score (nSPS) is 10.4. The van der Waals surface area contributed by atoms with Gasteiger partial charge in [0, 0.05) is 19.8 Å². The second-order valence-corrected chi connectivity index (χ2v) is 4.53. The molecule has 0 aliphatic heterocycles. The van der Waals surface area contributed by atoms with E-state index in [1.807, 2.05) is 12.1 Å². The van der Waals surface area contributed by atoms with E-state index in [1.54, 1.807) is 40.3 Å². The zero-order chi connectivity index (χ0) is 14.9. The maximum absolute atomic E-state index is 12.5. The number of nitrogen functional groups attached to an aromatic ring is 1. The van der Waals surface area contributed by atoms with Crippen LogP contribution in [-0.4, -0.2) is 29.8 Å². The number of aromatic nitrogens is 2. The van der Waals surface area contributed by atoms with Gasteiger partial charge in [-0.2, -0.15) is 5.10 Å². The third kappa shape index (κ3) is 2.32. The lowest BCUT2D eigenvalue weighted by molar-refractivity contribution is 0.0985. The Balaban J connectivity index is 2.32. The smallest absolute Gasteiger partial charge is 0.278 e. The van der Waals surface area contributed by atoms with Crippen LogP contribution < -0.4 is 15.4 Å². The molecule has 6 heteroatoms. The van der Waals surface area contributed by atoms with Crippen LogP contribution >= 0.6 is 0 Å². The standard InChI is InChI=1S/C14H18N4O2/c1-9-12(15)13(18(3)16-9)14(19)17(2)10-5-7-11(20-4)8-6-10/h5-8H,15H2,1-4H3. The first-order valence-corrected chi connectivity index (χ1v) is 6.17. The summed E-state index contributed by atoms with van der Waals surface area (Å²) in [5, 5.41) is 4.16. The summed E-state index contributed by atoms with van der Waals surface area (Å²) in [4.78, 5) is 14.0. The van der Waals surface area contributed by atoms with Crippen molar-refractivity contribution in [3.05, 3.63) is 35.7 Å². The monoisotopic (exact) mass is 274 g/mol. The number of rotatable bonds is 3. The van der Waals surface area contributed by atoms with Gasteiger partial charge in [0.2, 0.25) is 0 Å². The van der Waals surface area contributed by atoms with Crippen molar-refractivity contribution in [1.29, 1.82) is 0 Å². The molecule has 0 bridgehead atoms. The molecule has 0 fully saturated rings. The highest BCUT2D eigenvalue weighted by atomic mass is 16.5. The predicted molar refractivity (Wildman–Crippen MR) is 78.1 cm³/mol. The van der Waals surface area contributed by atoms with Crippen molar-refractivity contribution in [3.8, 4) is 5.75 Å². The SMILES string of the molecule is COc1ccc(N(C)C(=O)c2c(N)c(C)nn2C)cc1. The summed E-state index contributed by atoms with van der Waals surface area (Å²) in [5.41, 5.74) is 8.13. The Kier molecular flexibility index (Phi) is 3.65. The Hall–Kier alpha value is -2.50. The van der Waals surface area contributed by atoms with Crippen LogP contribution in [-0.2, 0) is 7.05 Å². The van der Waals surface area contributed by atoms with Gasteiger partial charge in [0.1, 0.15) is 11.4 Å². The van der Waals surface area contributed by atoms with Crippen LogP contribution in [0.3, 0.4) is 0 Å². The molecule has 0 unspecified atom stereocenters. The number of nitrogens with two attached hydrogens (primary N) is 1. The highest BCUT2D eigenvalue weighted by molar-refractivity contribution is 6.08. The Morgan fingerprint density at radius 2 is 1.95 bits per heavy atom. The van der Waals surface area contributed by atoms with Gasteiger partial charge in [0.15, 0.2) is 0 Å². The lowest BCUT2D eigenvalue weighted by atomic mass is 10.2. The van der Waals surface area contributed by atoms with Crippen molar-refractivity contribution >= 4 is 17.3 Å². The molecule has 1 amide bonds. The van der Waals surface area contributed by atoms with Gasteiger partial charge in [-0.15, -0.1) is 0 Å². The molecule has 0 atom stereocenters. The third-order valence-corrected chi connectivity index (χ3v) is 3.24. The summed E-state index contributed by atoms with van der Waals surface area (Å²) in [6.45, 7) is 1.78. The zero-order valence-corrected chi connectivity index (χ0v) is 12.0. The van der Waals surface area contributed by atoms with Crippen molar-refractivity contribution in [1.82, 2.24) is 9.78 Å². The number of nitrogens with zero attached hydrogens (tertiary/aromatic N) is 3. The van der Waals surface area contributed by atoms with Gasteiger partial charge in [0.05, 0.1) is 18.5 Å². The minimum absolute atomic E-state index is 0.198. The summed E-state index contributed by atoms with van der Waals surface area (Å²) in [5.74, 6) is 0.543. The number of amides is 1. The fourth-order valence-corrected chi connectivity index (χ4v) is 2.01. The van der Waals surface area contributed by atoms with Crippen molar-refractivity contribution < 1.29 is 9.53 Å². The molecule has 2 aromatic rings. The molecule has 20 heavy (non-hydrogen) atoms. The molecule has 0 saturated carbocycles. The van der Waals surface area contributed by atoms with Gasteiger partial charge < -0.3 is 15.4 Å². The minimum atomic E-state index is -0.198. The molecular weight excluding hydrogens is 256 g/mol. The Morgan fingerprint density at radius 1 is 1.35 bits per heavy atom. The van der Waals surface area contributed by atoms with E-state index in [1.165, 1.54) is 9.58 Å². The highest BCUT2D eigenvalue weighted by Gasteiger charge is 2.22. The fraction of sp³-hybridized carbons (Fsp3) is 0.286. The summed E-state index contributed by atoms with van der Waals surface area (Å²) in [7, 11) is 5.01. The van der Waals surface area contributed by atoms with E-state index in [4.69, 9.17) is 10.5 Å². The number of carbonyl (C=O) groups is 1. The van der Waals surface area contributed by atoms with Gasteiger partial charge in [0.25, 0.3) is 5.91 Å². The molecule has 1 heterocycles. The summed E-state index contributed by atoms with van der Waals surface area (Å²) < 4.78 is 6.61. The number of anilines is 2. The first-order valence-electron chi connectivity index (χ1n) is 6.17. The van der Waals surface area contributed by atoms with Gasteiger partial charge >= 0.3 is 0 Å². The third-order valence-electron chi connectivity index (χ3n) is 3.24. The number of ether oxygens (including phenoxy) is 1. The highest BCUT2D eigenvalue weighted by Crippen LogP contribution is 2.22. The molecule has 0 radical (unpaired) electrons. The van der Waals surface area contributed by atoms with Crippen LogP contribution in [0.1, 0.15) is 16.2 Å². The van der Waals surface area contributed by atoms with Gasteiger partial charge in [-0.25, -0.2) is 0 Å². The maximum Gasteiger partial charge on any atom is 0.278 e. The molecule has 0 aliphatic rings. The van der Waals surface area contributed by atoms with Crippen LogP contribution in [0, 0.1) is 6.92 Å². The molecule has 6 nitrogen and oxygen atoms in total. The number of hydrogen-bond acceptors (Lipinski definition) is 4. The minimum Gasteiger partial charge on any atom is -0.497 e. The molecule has 0 aliphatic carbocycles. The number of hydrogen-bond donors (Lipinski definition) is 1. The Morgan fingerprint density at radius 3 is 2.40 bits per heavy atom. The van der Waals surface area contributed by atoms with E-state index in [9.17, 15) is 4.79 Å². The van der Waals surface area contributed by atoms with Crippen molar-refractivity contribution in [2.24, 2.45) is 7.05 Å². The van der Waals surface area contributed by atoms with Gasteiger partial charge in [-0.05, 0) is 31.2 Å². The number of carbonyl (C=O) groups excluding carboxylic acids is 1. The Labute approximate surface area is 117 Å². The van der Waals surface area contributed by atoms with Crippen LogP contribution in [0.4, 0.5) is 11.4 Å². The molecule has 0 saturated heterocycles. The summed E-state index contributed by atoms with van der Waals surface area (Å²) in [6, 6.07) is 7.24. The fourth-order valence-electron chi connectivity index (χ4n) is 2.01. The number of methoxy groups -OCH3 is 1. The quantitative estimate of drug-likeness (QED) is 0.922. The molecule has 2 N–H and O–H groups in total. The van der Waals surface area contributed by atoms with Crippen LogP contribution in [0.2, 0.25) is 0 Å².